The summed E-state index contributed by atoms with van der Waals surface area (Å²) in [6, 6.07) is 7.36. The van der Waals surface area contributed by atoms with Gasteiger partial charge in [0.05, 0.1) is 12.3 Å². The van der Waals surface area contributed by atoms with Crippen LogP contribution >= 0.6 is 11.8 Å². The monoisotopic (exact) mass is 279 g/mol. The quantitative estimate of drug-likeness (QED) is 0.388. The van der Waals surface area contributed by atoms with E-state index < -0.39 is 0 Å². The van der Waals surface area contributed by atoms with Gasteiger partial charge >= 0.3 is 0 Å². The van der Waals surface area contributed by atoms with Gasteiger partial charge in [0.25, 0.3) is 0 Å². The maximum atomic E-state index is 8.55. The van der Waals surface area contributed by atoms with Crippen LogP contribution in [-0.4, -0.2) is 31.2 Å². The average Bonchev–Trinajstić information content (AvgIpc) is 2.40. The Hall–Kier alpha value is -1.71. The molecule has 0 heterocycles. The molecule has 102 valence electrons. The first-order chi connectivity index (χ1) is 9.19. The molecule has 5 nitrogen and oxygen atoms in total. The van der Waals surface area contributed by atoms with Crippen molar-refractivity contribution < 1.29 is 9.47 Å². The zero-order valence-electron chi connectivity index (χ0n) is 11.2. The lowest BCUT2D eigenvalue weighted by atomic mass is 10.3. The van der Waals surface area contributed by atoms with Crippen LogP contribution in [0.1, 0.15) is 6.92 Å². The number of benzene rings is 1. The van der Waals surface area contributed by atoms with Gasteiger partial charge in [-0.2, -0.15) is 5.26 Å². The number of ether oxygens (including phenoxy) is 2. The SMILES string of the molecule is COCC(C)Oc1ccc(N=C(NC#N)SC)cc1. The molecule has 6 heteroatoms. The molecule has 0 aromatic heterocycles. The third-order valence-electron chi connectivity index (χ3n) is 2.16. The number of methoxy groups -OCH3 is 1. The molecule has 0 spiro atoms. The molecule has 1 unspecified atom stereocenters. The smallest absolute Gasteiger partial charge is 0.183 e. The van der Waals surface area contributed by atoms with E-state index in [1.807, 2.05) is 43.6 Å². The summed E-state index contributed by atoms with van der Waals surface area (Å²) in [5, 5.41) is 11.6. The summed E-state index contributed by atoms with van der Waals surface area (Å²) in [5.41, 5.74) is 0.763. The molecular weight excluding hydrogens is 262 g/mol. The Kier molecular flexibility index (Phi) is 6.79. The van der Waals surface area contributed by atoms with Gasteiger partial charge in [0.15, 0.2) is 11.4 Å². The fourth-order valence-electron chi connectivity index (χ4n) is 1.39. The minimum absolute atomic E-state index is 0.00126. The van der Waals surface area contributed by atoms with Crippen LogP contribution < -0.4 is 10.1 Å². The first kappa shape index (κ1) is 15.3. The molecule has 0 fully saturated rings. The lowest BCUT2D eigenvalue weighted by Crippen LogP contribution is -2.17. The fourth-order valence-corrected chi connectivity index (χ4v) is 1.73. The van der Waals surface area contributed by atoms with E-state index >= 15 is 0 Å². The number of aliphatic imine (C=N–C) groups is 1. The molecule has 0 aliphatic heterocycles. The van der Waals surface area contributed by atoms with Gasteiger partial charge in [-0.1, -0.05) is 11.8 Å². The van der Waals surface area contributed by atoms with Crippen molar-refractivity contribution in [2.24, 2.45) is 4.99 Å². The van der Waals surface area contributed by atoms with E-state index in [4.69, 9.17) is 14.7 Å². The summed E-state index contributed by atoms with van der Waals surface area (Å²) in [4.78, 5) is 4.29. The van der Waals surface area contributed by atoms with E-state index in [0.29, 0.717) is 11.8 Å². The van der Waals surface area contributed by atoms with Crippen LogP contribution in [0.2, 0.25) is 0 Å². The van der Waals surface area contributed by atoms with Crippen LogP contribution in [0.3, 0.4) is 0 Å². The molecule has 0 saturated carbocycles. The van der Waals surface area contributed by atoms with Crippen molar-refractivity contribution in [3.63, 3.8) is 0 Å². The number of nitrogens with one attached hydrogen (secondary N) is 1. The number of thioether (sulfide) groups is 1. The largest absolute Gasteiger partial charge is 0.488 e. The van der Waals surface area contributed by atoms with E-state index in [-0.39, 0.29) is 6.10 Å². The Morgan fingerprint density at radius 1 is 1.47 bits per heavy atom. The molecule has 0 amide bonds. The summed E-state index contributed by atoms with van der Waals surface area (Å²) >= 11 is 1.38. The molecule has 1 rings (SSSR count). The van der Waals surface area contributed by atoms with Crippen molar-refractivity contribution in [1.82, 2.24) is 5.32 Å². The highest BCUT2D eigenvalue weighted by Crippen LogP contribution is 2.20. The molecular formula is C13H17N3O2S. The molecule has 0 bridgehead atoms. The first-order valence-electron chi connectivity index (χ1n) is 5.73. The molecule has 19 heavy (non-hydrogen) atoms. The van der Waals surface area contributed by atoms with Gasteiger partial charge in [0.1, 0.15) is 11.9 Å². The highest BCUT2D eigenvalue weighted by molar-refractivity contribution is 8.13. The van der Waals surface area contributed by atoms with Crippen LogP contribution in [-0.2, 0) is 4.74 Å². The van der Waals surface area contributed by atoms with Crippen molar-refractivity contribution in [2.45, 2.75) is 13.0 Å². The van der Waals surface area contributed by atoms with Gasteiger partial charge in [-0.05, 0) is 37.4 Å². The third kappa shape index (κ3) is 5.64. The summed E-state index contributed by atoms with van der Waals surface area (Å²) in [6.45, 7) is 2.49. The molecule has 1 atom stereocenters. The molecule has 1 aromatic rings. The molecule has 0 aliphatic carbocycles. The highest BCUT2D eigenvalue weighted by atomic mass is 32.2. The Balaban J connectivity index is 2.68. The van der Waals surface area contributed by atoms with Gasteiger partial charge < -0.3 is 9.47 Å². The Labute approximate surface area is 117 Å². The Bertz CT molecular complexity index is 454. The van der Waals surface area contributed by atoms with Crippen molar-refractivity contribution >= 4 is 22.6 Å². The molecule has 0 saturated heterocycles. The summed E-state index contributed by atoms with van der Waals surface area (Å²) in [6.07, 6.45) is 3.71. The minimum Gasteiger partial charge on any atom is -0.488 e. The maximum absolute atomic E-state index is 8.55. The number of hydrogen-bond donors (Lipinski definition) is 1. The van der Waals surface area contributed by atoms with Gasteiger partial charge in [0.2, 0.25) is 0 Å². The van der Waals surface area contributed by atoms with E-state index in [1.54, 1.807) is 7.11 Å². The molecule has 1 N–H and O–H groups in total. The van der Waals surface area contributed by atoms with Crippen molar-refractivity contribution in [3.8, 4) is 11.9 Å². The normalized spacial score (nSPS) is 12.6. The predicted molar refractivity (Wildman–Crippen MR) is 77.8 cm³/mol. The Morgan fingerprint density at radius 3 is 2.68 bits per heavy atom. The molecule has 1 aromatic carbocycles. The van der Waals surface area contributed by atoms with Crippen LogP contribution in [0.4, 0.5) is 5.69 Å². The first-order valence-corrected chi connectivity index (χ1v) is 6.95. The number of rotatable bonds is 5. The number of amidine groups is 1. The number of nitriles is 1. The van der Waals surface area contributed by atoms with E-state index in [1.165, 1.54) is 11.8 Å². The molecule has 0 aliphatic rings. The van der Waals surface area contributed by atoms with Crippen LogP contribution in [0.25, 0.3) is 0 Å². The van der Waals surface area contributed by atoms with E-state index in [2.05, 4.69) is 10.3 Å². The van der Waals surface area contributed by atoms with Gasteiger partial charge in [0, 0.05) is 7.11 Å². The summed E-state index contributed by atoms with van der Waals surface area (Å²) in [7, 11) is 1.64. The second-order valence-electron chi connectivity index (χ2n) is 3.74. The van der Waals surface area contributed by atoms with Crippen molar-refractivity contribution in [2.75, 3.05) is 20.0 Å². The van der Waals surface area contributed by atoms with Gasteiger partial charge in [-0.3, -0.25) is 5.32 Å². The third-order valence-corrected chi connectivity index (χ3v) is 2.74. The zero-order valence-corrected chi connectivity index (χ0v) is 12.0. The average molecular weight is 279 g/mol. The van der Waals surface area contributed by atoms with Crippen LogP contribution in [0.5, 0.6) is 5.75 Å². The minimum atomic E-state index is 0.00126. The summed E-state index contributed by atoms with van der Waals surface area (Å²) in [5.74, 6) is 0.766. The summed E-state index contributed by atoms with van der Waals surface area (Å²) < 4.78 is 10.6. The maximum Gasteiger partial charge on any atom is 0.183 e. The van der Waals surface area contributed by atoms with Gasteiger partial charge in [-0.25, -0.2) is 4.99 Å². The highest BCUT2D eigenvalue weighted by Gasteiger charge is 2.03. The molecule has 0 radical (unpaired) electrons. The fraction of sp³-hybridized carbons (Fsp3) is 0.385. The lowest BCUT2D eigenvalue weighted by molar-refractivity contribution is 0.0921. The topological polar surface area (TPSA) is 66.6 Å². The standard InChI is InChI=1S/C13H17N3O2S/c1-10(8-17-2)18-12-6-4-11(5-7-12)16-13(19-3)15-9-14/h4-7,10H,8H2,1-3H3,(H,15,16). The van der Waals surface area contributed by atoms with Crippen molar-refractivity contribution in [1.29, 1.82) is 5.26 Å². The van der Waals surface area contributed by atoms with Gasteiger partial charge in [-0.15, -0.1) is 0 Å². The Morgan fingerprint density at radius 2 is 2.16 bits per heavy atom. The lowest BCUT2D eigenvalue weighted by Gasteiger charge is -2.13. The zero-order chi connectivity index (χ0) is 14.1. The number of nitrogens with zero attached hydrogens (tertiary/aromatic N) is 2. The second kappa shape index (κ2) is 8.40. The van der Waals surface area contributed by atoms with Crippen LogP contribution in [0.15, 0.2) is 29.3 Å². The predicted octanol–water partition coefficient (Wildman–Crippen LogP) is 2.52. The van der Waals surface area contributed by atoms with Crippen LogP contribution in [0, 0.1) is 11.5 Å². The number of hydrogen-bond acceptors (Lipinski definition) is 5. The van der Waals surface area contributed by atoms with E-state index in [9.17, 15) is 0 Å². The van der Waals surface area contributed by atoms with Crippen molar-refractivity contribution in [3.05, 3.63) is 24.3 Å². The van der Waals surface area contributed by atoms with E-state index in [0.717, 1.165) is 11.4 Å². The second-order valence-corrected chi connectivity index (χ2v) is 4.53.